The maximum Gasteiger partial charge on any atom is 0.277 e. The van der Waals surface area contributed by atoms with Crippen LogP contribution in [0.25, 0.3) is 11.5 Å². The van der Waals surface area contributed by atoms with Gasteiger partial charge in [-0.05, 0) is 24.6 Å². The third-order valence-corrected chi connectivity index (χ3v) is 4.38. The summed E-state index contributed by atoms with van der Waals surface area (Å²) in [5.74, 6) is 2.58. The second-order valence-corrected chi connectivity index (χ2v) is 6.18. The van der Waals surface area contributed by atoms with E-state index < -0.39 is 0 Å². The van der Waals surface area contributed by atoms with Crippen LogP contribution in [0.5, 0.6) is 11.5 Å². The van der Waals surface area contributed by atoms with Crippen molar-refractivity contribution in [2.24, 2.45) is 0 Å². The Labute approximate surface area is 145 Å². The predicted molar refractivity (Wildman–Crippen MR) is 93.6 cm³/mol. The Kier molecular flexibility index (Phi) is 5.05. The lowest BCUT2D eigenvalue weighted by molar-refractivity contribution is 0.394. The second kappa shape index (κ2) is 7.40. The molecule has 0 bridgehead atoms. The highest BCUT2D eigenvalue weighted by molar-refractivity contribution is 7.98. The van der Waals surface area contributed by atoms with Gasteiger partial charge in [0, 0.05) is 17.4 Å². The molecule has 3 aromatic rings. The zero-order valence-electron chi connectivity index (χ0n) is 13.8. The lowest BCUT2D eigenvalue weighted by Crippen LogP contribution is -1.88. The Morgan fingerprint density at radius 3 is 2.25 bits per heavy atom. The highest BCUT2D eigenvalue weighted by Gasteiger charge is 2.12. The van der Waals surface area contributed by atoms with Crippen molar-refractivity contribution in [1.82, 2.24) is 10.2 Å². The van der Waals surface area contributed by atoms with Crippen LogP contribution in [0.1, 0.15) is 11.1 Å². The van der Waals surface area contributed by atoms with Crippen LogP contribution in [0.2, 0.25) is 0 Å². The van der Waals surface area contributed by atoms with E-state index in [1.54, 1.807) is 20.3 Å². The van der Waals surface area contributed by atoms with Crippen molar-refractivity contribution in [3.05, 3.63) is 53.6 Å². The summed E-state index contributed by atoms with van der Waals surface area (Å²) in [6.45, 7) is 2.07. The molecule has 0 N–H and O–H groups in total. The Bertz CT molecular complexity index is 793. The molecule has 124 valence electrons. The van der Waals surface area contributed by atoms with Crippen molar-refractivity contribution in [2.45, 2.75) is 17.9 Å². The molecule has 1 heterocycles. The van der Waals surface area contributed by atoms with E-state index in [2.05, 4.69) is 41.4 Å². The van der Waals surface area contributed by atoms with Crippen molar-refractivity contribution < 1.29 is 13.9 Å². The van der Waals surface area contributed by atoms with E-state index in [1.165, 1.54) is 22.9 Å². The number of ether oxygens (including phenoxy) is 2. The van der Waals surface area contributed by atoms with Gasteiger partial charge in [0.05, 0.1) is 14.2 Å². The monoisotopic (exact) mass is 342 g/mol. The summed E-state index contributed by atoms with van der Waals surface area (Å²) in [5, 5.41) is 8.75. The Morgan fingerprint density at radius 2 is 1.62 bits per heavy atom. The Balaban J connectivity index is 1.74. The first kappa shape index (κ1) is 16.4. The molecule has 6 heteroatoms. The molecule has 0 aliphatic carbocycles. The smallest absolute Gasteiger partial charge is 0.277 e. The lowest BCUT2D eigenvalue weighted by atomic mass is 10.2. The number of methoxy groups -OCH3 is 2. The van der Waals surface area contributed by atoms with Gasteiger partial charge in [-0.3, -0.25) is 0 Å². The molecule has 0 aliphatic rings. The second-order valence-electron chi connectivity index (χ2n) is 5.25. The fourth-order valence-corrected chi connectivity index (χ4v) is 2.86. The van der Waals surface area contributed by atoms with Gasteiger partial charge in [0.1, 0.15) is 11.5 Å². The van der Waals surface area contributed by atoms with Gasteiger partial charge < -0.3 is 13.9 Å². The molecule has 0 radical (unpaired) electrons. The van der Waals surface area contributed by atoms with Crippen molar-refractivity contribution in [1.29, 1.82) is 0 Å². The first-order valence-corrected chi connectivity index (χ1v) is 8.42. The molecule has 0 spiro atoms. The molecular weight excluding hydrogens is 324 g/mol. The highest BCUT2D eigenvalue weighted by atomic mass is 32.2. The van der Waals surface area contributed by atoms with E-state index >= 15 is 0 Å². The van der Waals surface area contributed by atoms with Gasteiger partial charge in [-0.1, -0.05) is 41.6 Å². The number of nitrogens with zero attached hydrogens (tertiary/aromatic N) is 2. The normalized spacial score (nSPS) is 10.6. The van der Waals surface area contributed by atoms with Crippen molar-refractivity contribution >= 4 is 11.8 Å². The average molecular weight is 342 g/mol. The largest absolute Gasteiger partial charge is 0.497 e. The minimum Gasteiger partial charge on any atom is -0.497 e. The summed E-state index contributed by atoms with van der Waals surface area (Å²) in [6.07, 6.45) is 0. The maximum atomic E-state index is 5.74. The lowest BCUT2D eigenvalue weighted by Gasteiger charge is -2.05. The molecule has 24 heavy (non-hydrogen) atoms. The zero-order chi connectivity index (χ0) is 16.9. The fraction of sp³-hybridized carbons (Fsp3) is 0.222. The first-order valence-electron chi connectivity index (χ1n) is 7.43. The first-order chi connectivity index (χ1) is 11.7. The van der Waals surface area contributed by atoms with Crippen LogP contribution in [0, 0.1) is 6.92 Å². The molecule has 5 nitrogen and oxygen atoms in total. The number of thioether (sulfide) groups is 1. The zero-order valence-corrected chi connectivity index (χ0v) is 14.6. The van der Waals surface area contributed by atoms with Crippen LogP contribution in [-0.2, 0) is 5.75 Å². The average Bonchev–Trinajstić information content (AvgIpc) is 3.10. The van der Waals surface area contributed by atoms with Gasteiger partial charge in [-0.25, -0.2) is 0 Å². The number of benzene rings is 2. The summed E-state index contributed by atoms with van der Waals surface area (Å²) < 4.78 is 16.3. The molecule has 0 saturated carbocycles. The van der Waals surface area contributed by atoms with E-state index in [0.29, 0.717) is 22.6 Å². The number of aromatic nitrogens is 2. The van der Waals surface area contributed by atoms with Crippen molar-refractivity contribution in [2.75, 3.05) is 14.2 Å². The van der Waals surface area contributed by atoms with Crippen LogP contribution in [0.4, 0.5) is 0 Å². The molecule has 0 fully saturated rings. The van der Waals surface area contributed by atoms with Crippen LogP contribution in [0.15, 0.2) is 52.1 Å². The van der Waals surface area contributed by atoms with Gasteiger partial charge >= 0.3 is 0 Å². The van der Waals surface area contributed by atoms with Crippen LogP contribution >= 0.6 is 11.8 Å². The predicted octanol–water partition coefficient (Wildman–Crippen LogP) is 4.35. The van der Waals surface area contributed by atoms with Gasteiger partial charge in [0.15, 0.2) is 0 Å². The fourth-order valence-electron chi connectivity index (χ4n) is 2.15. The van der Waals surface area contributed by atoms with E-state index in [1.807, 2.05) is 12.1 Å². The van der Waals surface area contributed by atoms with Crippen LogP contribution in [-0.4, -0.2) is 24.4 Å². The number of hydrogen-bond acceptors (Lipinski definition) is 6. The molecule has 3 rings (SSSR count). The molecule has 2 aromatic carbocycles. The van der Waals surface area contributed by atoms with Gasteiger partial charge in [0.25, 0.3) is 5.22 Å². The molecule has 0 unspecified atom stereocenters. The van der Waals surface area contributed by atoms with Crippen LogP contribution in [0.3, 0.4) is 0 Å². The topological polar surface area (TPSA) is 57.4 Å². The minimum absolute atomic E-state index is 0.443. The summed E-state index contributed by atoms with van der Waals surface area (Å²) >= 11 is 1.51. The standard InChI is InChI=1S/C18H18N2O3S/c1-12-4-6-13(7-5-12)11-24-18-20-19-17(23-18)14-8-15(21-2)10-16(9-14)22-3/h4-10H,11H2,1-3H3. The SMILES string of the molecule is COc1cc(OC)cc(-c2nnc(SCc3ccc(C)cc3)o2)c1. The van der Waals surface area contributed by atoms with Gasteiger partial charge in [0.2, 0.25) is 5.89 Å². The number of aryl methyl sites for hydroxylation is 1. The van der Waals surface area contributed by atoms with Crippen molar-refractivity contribution in [3.8, 4) is 23.0 Å². The minimum atomic E-state index is 0.443. The highest BCUT2D eigenvalue weighted by Crippen LogP contribution is 2.31. The van der Waals surface area contributed by atoms with E-state index in [9.17, 15) is 0 Å². The molecule has 0 saturated heterocycles. The summed E-state index contributed by atoms with van der Waals surface area (Å²) in [4.78, 5) is 0. The Hall–Kier alpha value is -2.47. The molecule has 0 aliphatic heterocycles. The molecule has 0 amide bonds. The van der Waals surface area contributed by atoms with Gasteiger partial charge in [-0.2, -0.15) is 0 Å². The molecule has 1 aromatic heterocycles. The Morgan fingerprint density at radius 1 is 0.958 bits per heavy atom. The van der Waals surface area contributed by atoms with E-state index in [0.717, 1.165) is 11.3 Å². The summed E-state index contributed by atoms with van der Waals surface area (Å²) in [7, 11) is 3.21. The maximum absolute atomic E-state index is 5.74. The molecule has 0 atom stereocenters. The van der Waals surface area contributed by atoms with Crippen molar-refractivity contribution in [3.63, 3.8) is 0 Å². The quantitative estimate of drug-likeness (QED) is 0.621. The third kappa shape index (κ3) is 3.89. The van der Waals surface area contributed by atoms with E-state index in [-0.39, 0.29) is 0 Å². The van der Waals surface area contributed by atoms with E-state index in [4.69, 9.17) is 13.9 Å². The summed E-state index contributed by atoms with van der Waals surface area (Å²) in [6, 6.07) is 13.9. The van der Waals surface area contributed by atoms with Gasteiger partial charge in [-0.15, -0.1) is 10.2 Å². The third-order valence-electron chi connectivity index (χ3n) is 3.49. The number of rotatable bonds is 6. The number of hydrogen-bond donors (Lipinski definition) is 0. The summed E-state index contributed by atoms with van der Waals surface area (Å²) in [5.41, 5.74) is 3.23. The van der Waals surface area contributed by atoms with Crippen LogP contribution < -0.4 is 9.47 Å². The molecular formula is C18H18N2O3S.